The molecule has 13 heteroatoms. The molecule has 38 heavy (non-hydrogen) atoms. The van der Waals surface area contributed by atoms with Crippen LogP contribution in [-0.4, -0.2) is 99.1 Å². The van der Waals surface area contributed by atoms with E-state index in [4.69, 9.17) is 9.47 Å². The molecule has 0 radical (unpaired) electrons. The number of carbonyl (C=O) groups is 3. The van der Waals surface area contributed by atoms with E-state index in [1.807, 2.05) is 12.1 Å². The van der Waals surface area contributed by atoms with Gasteiger partial charge in [-0.05, 0) is 29.5 Å². The summed E-state index contributed by atoms with van der Waals surface area (Å²) in [5, 5.41) is 2.25. The first-order valence-electron chi connectivity index (χ1n) is 13.4. The molecule has 0 bridgehead atoms. The molecule has 3 amide bonds. The Labute approximate surface area is 228 Å². The number of nitrogens with zero attached hydrogens (tertiary/aromatic N) is 2. The summed E-state index contributed by atoms with van der Waals surface area (Å²) in [7, 11) is 11.1. The minimum Gasteiger partial charge on any atom is -0.489 e. The predicted octanol–water partition coefficient (Wildman–Crippen LogP) is -5.49. The van der Waals surface area contributed by atoms with Crippen LogP contribution in [0.25, 0.3) is 0 Å². The fourth-order valence-corrected chi connectivity index (χ4v) is 6.39. The first-order chi connectivity index (χ1) is 18.1. The number of ether oxygens (including phenoxy) is 2. The second-order valence-electron chi connectivity index (χ2n) is 11.1. The fourth-order valence-electron chi connectivity index (χ4n) is 6.39. The number of rotatable bonds is 6. The van der Waals surface area contributed by atoms with Gasteiger partial charge in [-0.15, -0.1) is 0 Å². The zero-order chi connectivity index (χ0) is 27.2. The lowest BCUT2D eigenvalue weighted by molar-refractivity contribution is -0.136. The Morgan fingerprint density at radius 3 is 2.53 bits per heavy atom. The van der Waals surface area contributed by atoms with Crippen molar-refractivity contribution < 1.29 is 23.9 Å². The van der Waals surface area contributed by atoms with E-state index in [2.05, 4.69) is 55.5 Å². The molecule has 5 rings (SSSR count). The maximum atomic E-state index is 13.1. The number of benzene rings is 2. The lowest BCUT2D eigenvalue weighted by Crippen LogP contribution is -2.58. The third kappa shape index (κ3) is 4.71. The first kappa shape index (κ1) is 26.7. The zero-order valence-electron chi connectivity index (χ0n) is 23.0. The largest absolute Gasteiger partial charge is 0.489 e. The Balaban J connectivity index is 1.36. The van der Waals surface area contributed by atoms with Gasteiger partial charge < -0.3 is 19.3 Å². The van der Waals surface area contributed by atoms with Crippen LogP contribution >= 0.6 is 0 Å². The van der Waals surface area contributed by atoms with E-state index in [0.29, 0.717) is 30.9 Å². The van der Waals surface area contributed by atoms with E-state index >= 15 is 0 Å². The highest BCUT2D eigenvalue weighted by atomic mass is 16.5. The maximum Gasteiger partial charge on any atom is 0.255 e. The smallest absolute Gasteiger partial charge is 0.255 e. The van der Waals surface area contributed by atoms with Gasteiger partial charge in [0, 0.05) is 30.6 Å². The second kappa shape index (κ2) is 10.3. The van der Waals surface area contributed by atoms with E-state index in [9.17, 15) is 14.4 Å². The number of piperidine rings is 1. The Hall–Kier alpha value is -2.91. The minimum absolute atomic E-state index is 0.109. The molecule has 3 heterocycles. The molecule has 192 valence electrons. The number of hydrogen-bond acceptors (Lipinski definition) is 6. The summed E-state index contributed by atoms with van der Waals surface area (Å²) in [4.78, 5) is 41.2. The third-order valence-electron chi connectivity index (χ3n) is 8.54. The van der Waals surface area contributed by atoms with Gasteiger partial charge in [0.25, 0.3) is 5.91 Å². The van der Waals surface area contributed by atoms with Crippen LogP contribution in [0.4, 0.5) is 0 Å². The van der Waals surface area contributed by atoms with Crippen molar-refractivity contribution in [1.82, 2.24) is 15.1 Å². The minimum atomic E-state index is -0.643. The first-order valence-corrected chi connectivity index (χ1v) is 13.4. The maximum absolute atomic E-state index is 13.1. The molecule has 1 atom stereocenters. The number of hydrogen-bond donors (Lipinski definition) is 1. The average molecular weight is 509 g/mol. The quantitative estimate of drug-likeness (QED) is 0.310. The lowest BCUT2D eigenvalue weighted by atomic mass is 9.51. The Morgan fingerprint density at radius 2 is 1.82 bits per heavy atom. The van der Waals surface area contributed by atoms with Crippen molar-refractivity contribution >= 4 is 73.3 Å². The lowest BCUT2D eigenvalue weighted by Gasteiger charge is -2.44. The van der Waals surface area contributed by atoms with E-state index in [0.717, 1.165) is 37.4 Å². The Morgan fingerprint density at radius 1 is 1.08 bits per heavy atom. The van der Waals surface area contributed by atoms with Gasteiger partial charge in [-0.3, -0.25) is 19.7 Å². The molecule has 0 saturated carbocycles. The van der Waals surface area contributed by atoms with E-state index in [1.54, 1.807) is 11.0 Å². The van der Waals surface area contributed by atoms with Gasteiger partial charge >= 0.3 is 0 Å². The van der Waals surface area contributed by atoms with Gasteiger partial charge in [-0.2, -0.15) is 0 Å². The van der Waals surface area contributed by atoms with E-state index in [1.165, 1.54) is 22.0 Å². The number of amides is 3. The van der Waals surface area contributed by atoms with Crippen molar-refractivity contribution in [3.8, 4) is 5.75 Å². The van der Waals surface area contributed by atoms with Crippen LogP contribution in [0.3, 0.4) is 0 Å². The molecule has 3 aliphatic heterocycles. The van der Waals surface area contributed by atoms with Crippen LogP contribution < -0.4 is 26.4 Å². The molecule has 2 saturated heterocycles. The molecule has 0 aromatic heterocycles. The monoisotopic (exact) mass is 509 g/mol. The van der Waals surface area contributed by atoms with Crippen LogP contribution in [0, 0.1) is 0 Å². The average Bonchev–Trinajstić information content (AvgIpc) is 3.22. The van der Waals surface area contributed by atoms with Crippen molar-refractivity contribution in [2.24, 2.45) is 0 Å². The predicted molar refractivity (Wildman–Crippen MR) is 159 cm³/mol. The summed E-state index contributed by atoms with van der Waals surface area (Å²) in [6, 6.07) is 7.06. The van der Waals surface area contributed by atoms with Gasteiger partial charge in [0.2, 0.25) is 11.8 Å². The van der Waals surface area contributed by atoms with Crippen LogP contribution in [-0.2, 0) is 32.8 Å². The van der Waals surface area contributed by atoms with Gasteiger partial charge in [0.15, 0.2) is 0 Å². The molecule has 2 aromatic carbocycles. The summed E-state index contributed by atoms with van der Waals surface area (Å²) >= 11 is 0. The highest BCUT2D eigenvalue weighted by Crippen LogP contribution is 2.34. The molecule has 3 aliphatic rings. The summed E-state index contributed by atoms with van der Waals surface area (Å²) in [6.07, 6.45) is 0.571. The van der Waals surface area contributed by atoms with Crippen molar-refractivity contribution in [3.05, 3.63) is 46.5 Å². The number of imide groups is 1. The van der Waals surface area contributed by atoms with Crippen molar-refractivity contribution in [3.63, 3.8) is 0 Å². The standard InChI is InChI=1S/C25H32B5N3O5/c26-16-10-13(21(27)22(28)20(16)25(29,30)32-6-8-37-9-7-32)12-38-18-3-1-2-14-15(18)11-33(24(14)36)17-4-5-19(34)31-23(17)35/h1-3,10,17H,4-9,11-12,26-30H2,(H,31,34,35). The number of carbonyl (C=O) groups excluding carboxylic acids is 3. The van der Waals surface area contributed by atoms with Gasteiger partial charge in [0.1, 0.15) is 57.6 Å². The number of fused-ring (bicyclic) bond motifs is 1. The molecule has 0 spiro atoms. The molecule has 0 aliphatic carbocycles. The van der Waals surface area contributed by atoms with Gasteiger partial charge in [-0.25, -0.2) is 0 Å². The number of nitrogens with one attached hydrogen (secondary N) is 1. The van der Waals surface area contributed by atoms with Crippen LogP contribution in [0.2, 0.25) is 0 Å². The molecule has 1 unspecified atom stereocenters. The molecular formula is C25H32B5N3O5. The van der Waals surface area contributed by atoms with Crippen molar-refractivity contribution in [1.29, 1.82) is 0 Å². The van der Waals surface area contributed by atoms with E-state index in [-0.39, 0.29) is 23.6 Å². The topological polar surface area (TPSA) is 88.2 Å². The molecule has 2 fully saturated rings. The molecular weight excluding hydrogens is 476 g/mol. The highest BCUT2D eigenvalue weighted by Gasteiger charge is 2.40. The molecule has 1 N–H and O–H groups in total. The van der Waals surface area contributed by atoms with Crippen molar-refractivity contribution in [2.45, 2.75) is 37.4 Å². The molecule has 2 aromatic rings. The molecule has 8 nitrogen and oxygen atoms in total. The second-order valence-corrected chi connectivity index (χ2v) is 11.1. The summed E-state index contributed by atoms with van der Waals surface area (Å²) in [6.45, 7) is 4.04. The number of morpholine rings is 1. The fraction of sp³-hybridized carbons (Fsp3) is 0.400. The van der Waals surface area contributed by atoms with Gasteiger partial charge in [0.05, 0.1) is 19.8 Å². The summed E-state index contributed by atoms with van der Waals surface area (Å²) in [5.41, 5.74) is 7.54. The van der Waals surface area contributed by atoms with Gasteiger partial charge in [-0.1, -0.05) is 34.1 Å². The normalized spacial score (nSPS) is 20.4. The Bertz CT molecular complexity index is 1310. The highest BCUT2D eigenvalue weighted by molar-refractivity contribution is 6.54. The summed E-state index contributed by atoms with van der Waals surface area (Å²) in [5.74, 6) is -0.248. The Kier molecular flexibility index (Phi) is 7.26. The summed E-state index contributed by atoms with van der Waals surface area (Å²) < 4.78 is 11.9. The van der Waals surface area contributed by atoms with Crippen LogP contribution in [0.1, 0.15) is 39.9 Å². The zero-order valence-corrected chi connectivity index (χ0v) is 23.0. The van der Waals surface area contributed by atoms with Crippen LogP contribution in [0.15, 0.2) is 24.3 Å². The van der Waals surface area contributed by atoms with E-state index < -0.39 is 11.9 Å². The third-order valence-corrected chi connectivity index (χ3v) is 8.54. The van der Waals surface area contributed by atoms with Crippen molar-refractivity contribution in [2.75, 3.05) is 26.3 Å². The SMILES string of the molecule is Bc1cc(COc2cccc3c2CN(C2CCC(=O)NC2=O)C3=O)c(B)c(B)c1C(B)(B)N1CCOCC1. The van der Waals surface area contributed by atoms with Crippen LogP contribution in [0.5, 0.6) is 5.75 Å².